The van der Waals surface area contributed by atoms with Crippen molar-refractivity contribution < 1.29 is 14.3 Å². The Morgan fingerprint density at radius 2 is 1.90 bits per heavy atom. The fourth-order valence-electron chi connectivity index (χ4n) is 1.78. The van der Waals surface area contributed by atoms with E-state index < -0.39 is 0 Å². The highest BCUT2D eigenvalue weighted by molar-refractivity contribution is 6.30. The minimum absolute atomic E-state index is 0.218. The highest BCUT2D eigenvalue weighted by Crippen LogP contribution is 2.25. The highest BCUT2D eigenvalue weighted by atomic mass is 35.5. The summed E-state index contributed by atoms with van der Waals surface area (Å²) < 4.78 is 5.10. The van der Waals surface area contributed by atoms with Crippen LogP contribution >= 0.6 is 11.6 Å². The quantitative estimate of drug-likeness (QED) is 0.679. The van der Waals surface area contributed by atoms with Crippen LogP contribution in [-0.4, -0.2) is 19.3 Å². The van der Waals surface area contributed by atoms with Gasteiger partial charge in [0.1, 0.15) is 5.75 Å². The number of nitrogens with one attached hydrogen (secondary N) is 1. The monoisotopic (exact) mass is 289 g/mol. The van der Waals surface area contributed by atoms with E-state index in [-0.39, 0.29) is 5.78 Å². The molecule has 0 aliphatic rings. The molecule has 0 heterocycles. The summed E-state index contributed by atoms with van der Waals surface area (Å²) >= 11 is 5.80. The van der Waals surface area contributed by atoms with Crippen LogP contribution < -0.4 is 10.1 Å². The highest BCUT2D eigenvalue weighted by Gasteiger charge is 2.14. The van der Waals surface area contributed by atoms with Gasteiger partial charge >= 0.3 is 0 Å². The van der Waals surface area contributed by atoms with Crippen LogP contribution in [0.25, 0.3) is 0 Å². The van der Waals surface area contributed by atoms with Gasteiger partial charge < -0.3 is 10.1 Å². The average molecular weight is 290 g/mol. The van der Waals surface area contributed by atoms with Crippen LogP contribution in [0.1, 0.15) is 15.9 Å². The Morgan fingerprint density at radius 1 is 1.20 bits per heavy atom. The molecule has 1 amide bonds. The number of benzene rings is 2. The van der Waals surface area contributed by atoms with Crippen molar-refractivity contribution in [2.24, 2.45) is 0 Å². The van der Waals surface area contributed by atoms with Gasteiger partial charge in [-0.05, 0) is 42.5 Å². The molecular weight excluding hydrogens is 278 g/mol. The summed E-state index contributed by atoms with van der Waals surface area (Å²) in [6.07, 6.45) is 0.528. The van der Waals surface area contributed by atoms with Gasteiger partial charge in [0.2, 0.25) is 6.41 Å². The van der Waals surface area contributed by atoms with E-state index in [1.807, 2.05) is 0 Å². The van der Waals surface area contributed by atoms with Crippen LogP contribution in [0.15, 0.2) is 42.5 Å². The van der Waals surface area contributed by atoms with Crippen molar-refractivity contribution in [1.82, 2.24) is 0 Å². The zero-order valence-corrected chi connectivity index (χ0v) is 11.5. The lowest BCUT2D eigenvalue weighted by Gasteiger charge is -2.10. The van der Waals surface area contributed by atoms with Gasteiger partial charge in [0.05, 0.1) is 12.8 Å². The summed E-state index contributed by atoms with van der Waals surface area (Å²) in [5.74, 6) is 0.323. The maximum Gasteiger partial charge on any atom is 0.211 e. The predicted molar refractivity (Wildman–Crippen MR) is 77.6 cm³/mol. The molecular formula is C15H12ClNO3. The fraction of sp³-hybridized carbons (Fsp3) is 0.0667. The fourth-order valence-corrected chi connectivity index (χ4v) is 1.91. The van der Waals surface area contributed by atoms with Crippen LogP contribution in [-0.2, 0) is 4.79 Å². The van der Waals surface area contributed by atoms with Gasteiger partial charge in [0, 0.05) is 16.1 Å². The molecule has 20 heavy (non-hydrogen) atoms. The molecule has 2 aromatic rings. The van der Waals surface area contributed by atoms with Crippen LogP contribution in [0, 0.1) is 0 Å². The van der Waals surface area contributed by atoms with E-state index in [2.05, 4.69) is 5.32 Å². The molecule has 0 aliphatic carbocycles. The second-order valence-corrected chi connectivity index (χ2v) is 4.45. The summed E-state index contributed by atoms with van der Waals surface area (Å²) in [7, 11) is 1.51. The molecule has 5 heteroatoms. The van der Waals surface area contributed by atoms with Gasteiger partial charge in [-0.1, -0.05) is 11.6 Å². The number of halogens is 1. The first kappa shape index (κ1) is 14.1. The van der Waals surface area contributed by atoms with Crippen molar-refractivity contribution in [3.8, 4) is 5.75 Å². The largest absolute Gasteiger partial charge is 0.497 e. The Labute approximate surface area is 121 Å². The lowest BCUT2D eigenvalue weighted by molar-refractivity contribution is -0.105. The number of rotatable bonds is 5. The topological polar surface area (TPSA) is 55.4 Å². The van der Waals surface area contributed by atoms with Gasteiger partial charge in [0.15, 0.2) is 5.78 Å². The van der Waals surface area contributed by atoms with Crippen molar-refractivity contribution in [1.29, 1.82) is 0 Å². The number of hydrogen-bond donors (Lipinski definition) is 1. The molecule has 0 fully saturated rings. The lowest BCUT2D eigenvalue weighted by atomic mass is 10.0. The van der Waals surface area contributed by atoms with E-state index >= 15 is 0 Å². The van der Waals surface area contributed by atoms with Crippen molar-refractivity contribution in [3.05, 3.63) is 58.6 Å². The molecule has 0 saturated carbocycles. The van der Waals surface area contributed by atoms with Gasteiger partial charge in [-0.3, -0.25) is 9.59 Å². The Hall–Kier alpha value is -2.33. The first-order chi connectivity index (χ1) is 9.65. The normalized spacial score (nSPS) is 9.90. The van der Waals surface area contributed by atoms with Crippen molar-refractivity contribution in [3.63, 3.8) is 0 Å². The molecule has 2 rings (SSSR count). The van der Waals surface area contributed by atoms with Gasteiger partial charge in [0.25, 0.3) is 0 Å². The van der Waals surface area contributed by atoms with Crippen LogP contribution in [0.4, 0.5) is 5.69 Å². The average Bonchev–Trinajstić information content (AvgIpc) is 2.48. The molecule has 0 saturated heterocycles. The number of methoxy groups -OCH3 is 1. The molecule has 0 aromatic heterocycles. The van der Waals surface area contributed by atoms with Gasteiger partial charge in [-0.25, -0.2) is 0 Å². The minimum Gasteiger partial charge on any atom is -0.497 e. The molecule has 4 nitrogen and oxygen atoms in total. The number of hydrogen-bond acceptors (Lipinski definition) is 3. The van der Waals surface area contributed by atoms with Gasteiger partial charge in [-0.2, -0.15) is 0 Å². The van der Waals surface area contributed by atoms with E-state index in [1.165, 1.54) is 7.11 Å². The summed E-state index contributed by atoms with van der Waals surface area (Å²) in [6.45, 7) is 0. The molecule has 2 aromatic carbocycles. The number of ketones is 1. The lowest BCUT2D eigenvalue weighted by Crippen LogP contribution is -2.07. The zero-order chi connectivity index (χ0) is 14.5. The molecule has 0 radical (unpaired) electrons. The number of ether oxygens (including phenoxy) is 1. The Kier molecular flexibility index (Phi) is 4.38. The van der Waals surface area contributed by atoms with Crippen LogP contribution in [0.3, 0.4) is 0 Å². The first-order valence-electron chi connectivity index (χ1n) is 5.84. The Balaban J connectivity index is 2.45. The van der Waals surface area contributed by atoms with Crippen LogP contribution in [0.5, 0.6) is 5.75 Å². The first-order valence-corrected chi connectivity index (χ1v) is 6.22. The second-order valence-electron chi connectivity index (χ2n) is 4.01. The van der Waals surface area contributed by atoms with E-state index in [9.17, 15) is 9.59 Å². The smallest absolute Gasteiger partial charge is 0.211 e. The molecule has 0 aliphatic heterocycles. The van der Waals surface area contributed by atoms with Crippen molar-refractivity contribution >= 4 is 29.5 Å². The molecule has 0 bridgehead atoms. The summed E-state index contributed by atoms with van der Waals surface area (Å²) in [5.41, 5.74) is 1.27. The van der Waals surface area contributed by atoms with Crippen molar-refractivity contribution in [2.45, 2.75) is 0 Å². The Morgan fingerprint density at radius 3 is 2.50 bits per heavy atom. The third kappa shape index (κ3) is 2.97. The molecule has 0 unspecified atom stereocenters. The third-order valence-corrected chi connectivity index (χ3v) is 3.04. The maximum absolute atomic E-state index is 12.5. The number of carbonyl (C=O) groups excluding carboxylic acids is 2. The summed E-state index contributed by atoms with van der Waals surface area (Å²) in [4.78, 5) is 23.1. The number of amides is 1. The number of anilines is 1. The second kappa shape index (κ2) is 6.21. The van der Waals surface area contributed by atoms with E-state index in [0.29, 0.717) is 34.0 Å². The standard InChI is InChI=1S/C15H12ClNO3/c1-20-12-6-7-14(17-9-18)13(8-12)15(19)10-2-4-11(16)5-3-10/h2-9H,1H3,(H,17,18). The number of carbonyl (C=O) groups is 2. The van der Waals surface area contributed by atoms with Crippen molar-refractivity contribution in [2.75, 3.05) is 12.4 Å². The third-order valence-electron chi connectivity index (χ3n) is 2.79. The van der Waals surface area contributed by atoms with E-state index in [0.717, 1.165) is 0 Å². The van der Waals surface area contributed by atoms with Crippen LogP contribution in [0.2, 0.25) is 5.02 Å². The van der Waals surface area contributed by atoms with Gasteiger partial charge in [-0.15, -0.1) is 0 Å². The minimum atomic E-state index is -0.218. The molecule has 1 N–H and O–H groups in total. The Bertz CT molecular complexity index is 638. The summed E-state index contributed by atoms with van der Waals surface area (Å²) in [5, 5.41) is 3.06. The summed E-state index contributed by atoms with van der Waals surface area (Å²) in [6, 6.07) is 11.4. The van der Waals surface area contributed by atoms with E-state index in [1.54, 1.807) is 42.5 Å². The predicted octanol–water partition coefficient (Wildman–Crippen LogP) is 3.15. The molecule has 102 valence electrons. The zero-order valence-electron chi connectivity index (χ0n) is 10.7. The molecule has 0 atom stereocenters. The SMILES string of the molecule is COc1ccc(NC=O)c(C(=O)c2ccc(Cl)cc2)c1. The van der Waals surface area contributed by atoms with E-state index in [4.69, 9.17) is 16.3 Å². The molecule has 0 spiro atoms. The maximum atomic E-state index is 12.5.